The van der Waals surface area contributed by atoms with Crippen LogP contribution in [0.3, 0.4) is 0 Å². The Kier molecular flexibility index (Phi) is 4.52. The first-order chi connectivity index (χ1) is 12.8. The monoisotopic (exact) mass is 364 g/mol. The Labute approximate surface area is 153 Å². The van der Waals surface area contributed by atoms with E-state index in [0.717, 1.165) is 10.1 Å². The number of nitrogen functional groups attached to an aromatic ring is 1. The number of benzene rings is 2. The number of hydrogen-bond acceptors (Lipinski definition) is 6. The molecule has 0 bridgehead atoms. The minimum Gasteiger partial charge on any atom is -0.398 e. The highest BCUT2D eigenvalue weighted by atomic mass is 16.4. The summed E-state index contributed by atoms with van der Waals surface area (Å²) in [7, 11) is 0. The van der Waals surface area contributed by atoms with Crippen LogP contribution in [0.1, 0.15) is 21.5 Å². The summed E-state index contributed by atoms with van der Waals surface area (Å²) in [6.45, 7) is 3.18. The number of fused-ring (bicyclic) bond motifs is 1. The van der Waals surface area contributed by atoms with E-state index in [-0.39, 0.29) is 28.7 Å². The lowest BCUT2D eigenvalue weighted by Crippen LogP contribution is -2.26. The van der Waals surface area contributed by atoms with Gasteiger partial charge in [-0.1, -0.05) is 18.2 Å². The Balaban J connectivity index is 2.20. The molecule has 0 atom stereocenters. The molecule has 8 nitrogen and oxygen atoms in total. The molecule has 0 saturated heterocycles. The molecule has 1 heterocycles. The predicted molar refractivity (Wildman–Crippen MR) is 101 cm³/mol. The lowest BCUT2D eigenvalue weighted by atomic mass is 10.1. The molecular weight excluding hydrogens is 348 g/mol. The molecular formula is C19H16N4O4. The molecule has 136 valence electrons. The maximum absolute atomic E-state index is 12.7. The van der Waals surface area contributed by atoms with Gasteiger partial charge >= 0.3 is 11.4 Å². The first kappa shape index (κ1) is 17.9. The third-order valence-electron chi connectivity index (χ3n) is 4.30. The normalized spacial score (nSPS) is 10.6. The highest BCUT2D eigenvalue weighted by molar-refractivity contribution is 6.11. The molecule has 0 aliphatic heterocycles. The molecule has 8 heteroatoms. The van der Waals surface area contributed by atoms with Gasteiger partial charge in [-0.2, -0.15) is 5.26 Å². The minimum absolute atomic E-state index is 0.0180. The van der Waals surface area contributed by atoms with Crippen LogP contribution >= 0.6 is 0 Å². The summed E-state index contributed by atoms with van der Waals surface area (Å²) in [5.41, 5.74) is 7.43. The molecule has 3 aromatic rings. The second-order valence-corrected chi connectivity index (χ2v) is 6.04. The van der Waals surface area contributed by atoms with Gasteiger partial charge in [-0.3, -0.25) is 9.36 Å². The van der Waals surface area contributed by atoms with Crippen molar-refractivity contribution >= 4 is 28.2 Å². The van der Waals surface area contributed by atoms with Gasteiger partial charge in [0, 0.05) is 5.69 Å². The van der Waals surface area contributed by atoms with Crippen LogP contribution in [0.15, 0.2) is 44.3 Å². The molecule has 0 radical (unpaired) electrons. The molecule has 1 amide bonds. The van der Waals surface area contributed by atoms with E-state index in [4.69, 9.17) is 15.4 Å². The average molecular weight is 364 g/mol. The summed E-state index contributed by atoms with van der Waals surface area (Å²) in [6.07, 6.45) is 0. The van der Waals surface area contributed by atoms with Gasteiger partial charge in [-0.05, 0) is 37.1 Å². The number of amides is 1. The summed E-state index contributed by atoms with van der Waals surface area (Å²) in [6, 6.07) is 10.1. The lowest BCUT2D eigenvalue weighted by Gasteiger charge is -2.13. The Bertz CT molecular complexity index is 1230. The third-order valence-corrected chi connectivity index (χ3v) is 4.30. The van der Waals surface area contributed by atoms with Gasteiger partial charge in [0.25, 0.3) is 5.91 Å². The second-order valence-electron chi connectivity index (χ2n) is 6.04. The van der Waals surface area contributed by atoms with E-state index in [1.54, 1.807) is 44.2 Å². The first-order valence-electron chi connectivity index (χ1n) is 8.05. The Morgan fingerprint density at radius 2 is 1.96 bits per heavy atom. The molecule has 0 fully saturated rings. The smallest absolute Gasteiger partial charge is 0.398 e. The summed E-state index contributed by atoms with van der Waals surface area (Å²) >= 11 is 0. The number of hydrogen-bond donors (Lipinski definition) is 2. The van der Waals surface area contributed by atoms with Crippen LogP contribution in [0, 0.1) is 25.2 Å². The molecule has 3 N–H and O–H groups in total. The van der Waals surface area contributed by atoms with Crippen LogP contribution in [0.5, 0.6) is 0 Å². The number of aromatic nitrogens is 1. The van der Waals surface area contributed by atoms with Gasteiger partial charge in [0.05, 0.1) is 22.8 Å². The van der Waals surface area contributed by atoms with Crippen LogP contribution in [0.25, 0.3) is 10.9 Å². The van der Waals surface area contributed by atoms with Gasteiger partial charge in [0.1, 0.15) is 11.9 Å². The number of anilines is 2. The highest BCUT2D eigenvalue weighted by Gasteiger charge is 2.18. The van der Waals surface area contributed by atoms with Crippen molar-refractivity contribution in [3.8, 4) is 6.07 Å². The Morgan fingerprint density at radius 1 is 1.22 bits per heavy atom. The van der Waals surface area contributed by atoms with Gasteiger partial charge in [-0.15, -0.1) is 0 Å². The number of carbonyl (C=O) groups is 1. The van der Waals surface area contributed by atoms with Crippen LogP contribution in [-0.2, 0) is 6.54 Å². The predicted octanol–water partition coefficient (Wildman–Crippen LogP) is 1.93. The SMILES string of the molecule is Cc1cccc(C(=O)Nc2ccc(C)c3c2c(=O)oc(=O)n3CC#N)c1N. The van der Waals surface area contributed by atoms with Gasteiger partial charge < -0.3 is 15.5 Å². The fourth-order valence-electron chi connectivity index (χ4n) is 2.91. The molecule has 0 unspecified atom stereocenters. The molecule has 3 rings (SSSR count). The largest absolute Gasteiger partial charge is 0.423 e. The fraction of sp³-hybridized carbons (Fsp3) is 0.158. The zero-order valence-corrected chi connectivity index (χ0v) is 14.7. The summed E-state index contributed by atoms with van der Waals surface area (Å²) in [4.78, 5) is 37.0. The highest BCUT2D eigenvalue weighted by Crippen LogP contribution is 2.25. The topological polar surface area (TPSA) is 131 Å². The Hall–Kier alpha value is -3.86. The van der Waals surface area contributed by atoms with Crippen molar-refractivity contribution in [1.29, 1.82) is 5.26 Å². The van der Waals surface area contributed by atoms with Gasteiger partial charge in [-0.25, -0.2) is 9.59 Å². The van der Waals surface area contributed by atoms with Crippen molar-refractivity contribution in [2.45, 2.75) is 20.4 Å². The van der Waals surface area contributed by atoms with E-state index in [0.29, 0.717) is 11.3 Å². The lowest BCUT2D eigenvalue weighted by molar-refractivity contribution is 0.102. The zero-order chi connectivity index (χ0) is 19.7. The number of nitrogens with two attached hydrogens (primary N) is 1. The minimum atomic E-state index is -0.927. The molecule has 0 aliphatic rings. The quantitative estimate of drug-likeness (QED) is 0.683. The number of aryl methyl sites for hydroxylation is 2. The number of nitrogens with zero attached hydrogens (tertiary/aromatic N) is 2. The number of rotatable bonds is 3. The van der Waals surface area contributed by atoms with Gasteiger partial charge in [0.2, 0.25) is 0 Å². The van der Waals surface area contributed by atoms with E-state index in [2.05, 4.69) is 5.32 Å². The molecule has 0 spiro atoms. The summed E-state index contributed by atoms with van der Waals surface area (Å²) < 4.78 is 5.78. The van der Waals surface area contributed by atoms with Crippen LogP contribution in [-0.4, -0.2) is 10.5 Å². The van der Waals surface area contributed by atoms with E-state index in [1.165, 1.54) is 0 Å². The van der Waals surface area contributed by atoms with E-state index >= 15 is 0 Å². The number of carbonyl (C=O) groups excluding carboxylic acids is 1. The Morgan fingerprint density at radius 3 is 2.67 bits per heavy atom. The molecule has 0 aliphatic carbocycles. The average Bonchev–Trinajstić information content (AvgIpc) is 2.62. The van der Waals surface area contributed by atoms with Crippen molar-refractivity contribution in [2.24, 2.45) is 0 Å². The van der Waals surface area contributed by atoms with E-state index < -0.39 is 17.3 Å². The number of nitriles is 1. The van der Waals surface area contributed by atoms with E-state index in [9.17, 15) is 14.4 Å². The number of para-hydroxylation sites is 1. The molecule has 27 heavy (non-hydrogen) atoms. The summed E-state index contributed by atoms with van der Waals surface area (Å²) in [5, 5.41) is 11.6. The fourth-order valence-corrected chi connectivity index (χ4v) is 2.91. The van der Waals surface area contributed by atoms with Crippen molar-refractivity contribution in [3.05, 3.63) is 68.0 Å². The third kappa shape index (κ3) is 3.06. The standard InChI is InChI=1S/C19H16N4O4/c1-10-4-3-5-12(15(10)21)17(24)22-13-7-6-11(2)16-14(13)18(25)27-19(26)23(16)9-8-20/h3-7H,9,21H2,1-2H3,(H,22,24). The first-order valence-corrected chi connectivity index (χ1v) is 8.05. The van der Waals surface area contributed by atoms with Crippen molar-refractivity contribution in [1.82, 2.24) is 4.57 Å². The van der Waals surface area contributed by atoms with Crippen molar-refractivity contribution in [3.63, 3.8) is 0 Å². The maximum atomic E-state index is 12.7. The maximum Gasteiger partial charge on any atom is 0.423 e. The van der Waals surface area contributed by atoms with Crippen LogP contribution in [0.4, 0.5) is 11.4 Å². The zero-order valence-electron chi connectivity index (χ0n) is 14.7. The number of nitrogens with one attached hydrogen (secondary N) is 1. The van der Waals surface area contributed by atoms with Crippen molar-refractivity contribution in [2.75, 3.05) is 11.1 Å². The molecule has 2 aromatic carbocycles. The van der Waals surface area contributed by atoms with Gasteiger partial charge in [0.15, 0.2) is 0 Å². The molecule has 1 aromatic heterocycles. The second kappa shape index (κ2) is 6.80. The molecule has 0 saturated carbocycles. The van der Waals surface area contributed by atoms with Crippen LogP contribution in [0.2, 0.25) is 0 Å². The van der Waals surface area contributed by atoms with Crippen molar-refractivity contribution < 1.29 is 9.21 Å². The van der Waals surface area contributed by atoms with Crippen LogP contribution < -0.4 is 22.4 Å². The summed E-state index contributed by atoms with van der Waals surface area (Å²) in [5.74, 6) is -1.43. The van der Waals surface area contributed by atoms with E-state index in [1.807, 2.05) is 6.07 Å².